The number of Topliss-reactive ketones (excluding diaryl/α,β-unsaturated/α-hetero) is 2. The molecule has 0 amide bonds. The predicted molar refractivity (Wildman–Crippen MR) is 96.6 cm³/mol. The van der Waals surface area contributed by atoms with Crippen LogP contribution in [0.2, 0.25) is 0 Å². The smallest absolute Gasteiger partial charge is 0.220 e. The second-order valence-electron chi connectivity index (χ2n) is 5.19. The number of fused-ring (bicyclic) bond motifs is 1. The van der Waals surface area contributed by atoms with E-state index in [0.717, 1.165) is 0 Å². The quantitative estimate of drug-likeness (QED) is 0.881. The number of pyridine rings is 1. The van der Waals surface area contributed by atoms with Gasteiger partial charge in [0.2, 0.25) is 11.6 Å². The highest BCUT2D eigenvalue weighted by Gasteiger charge is 2.33. The molecule has 1 aliphatic carbocycles. The first-order valence-electron chi connectivity index (χ1n) is 7.41. The number of ketones is 2. The van der Waals surface area contributed by atoms with Gasteiger partial charge < -0.3 is 14.8 Å². The molecule has 1 aliphatic rings. The fourth-order valence-electron chi connectivity index (χ4n) is 2.56. The minimum Gasteiger partial charge on any atom is -0.497 e. The van der Waals surface area contributed by atoms with E-state index in [1.165, 1.54) is 18.0 Å². The van der Waals surface area contributed by atoms with Crippen LogP contribution < -0.4 is 14.8 Å². The van der Waals surface area contributed by atoms with Crippen molar-refractivity contribution in [2.45, 2.75) is 0 Å². The number of benzene rings is 1. The van der Waals surface area contributed by atoms with E-state index < -0.39 is 0 Å². The number of hydrogen-bond donors (Lipinski definition) is 1. The Balaban J connectivity index is 2.07. The monoisotopic (exact) mass is 356 g/mol. The van der Waals surface area contributed by atoms with Crippen molar-refractivity contribution < 1.29 is 19.1 Å². The second-order valence-corrected chi connectivity index (χ2v) is 6.01. The summed E-state index contributed by atoms with van der Waals surface area (Å²) in [6, 6.07) is 8.42. The van der Waals surface area contributed by atoms with Crippen LogP contribution in [0.5, 0.6) is 11.5 Å². The topological polar surface area (TPSA) is 77.5 Å². The zero-order valence-electron chi connectivity index (χ0n) is 14.0. The van der Waals surface area contributed by atoms with E-state index in [2.05, 4.69) is 10.3 Å². The minimum atomic E-state index is -0.270. The van der Waals surface area contributed by atoms with Gasteiger partial charge in [0.1, 0.15) is 22.9 Å². The molecule has 1 aromatic heterocycles. The van der Waals surface area contributed by atoms with Gasteiger partial charge in [-0.1, -0.05) is 0 Å². The van der Waals surface area contributed by atoms with Gasteiger partial charge in [0.15, 0.2) is 0 Å². The third kappa shape index (κ3) is 3.10. The molecule has 0 radical (unpaired) electrons. The van der Waals surface area contributed by atoms with Crippen LogP contribution in [-0.4, -0.2) is 37.0 Å². The van der Waals surface area contributed by atoms with E-state index in [1.807, 2.05) is 0 Å². The molecular formula is C18H16N2O4S. The standard InChI is InChI=1S/C18H16N2O4S/c1-23-11-7-10(8-12(9-11)24-2)20-15-16(21)13-5-4-6-19-14(13)17(22)18(15)25-3/h4-9,20H,1-3H3. The van der Waals surface area contributed by atoms with Crippen LogP contribution in [0.3, 0.4) is 0 Å². The summed E-state index contributed by atoms with van der Waals surface area (Å²) in [6.07, 6.45) is 3.26. The molecule has 128 valence electrons. The Morgan fingerprint density at radius 2 is 1.72 bits per heavy atom. The predicted octanol–water partition coefficient (Wildman–Crippen LogP) is 3.16. The van der Waals surface area contributed by atoms with Crippen LogP contribution in [0, 0.1) is 0 Å². The molecule has 0 aliphatic heterocycles. The summed E-state index contributed by atoms with van der Waals surface area (Å²) in [6.45, 7) is 0. The van der Waals surface area contributed by atoms with Crippen LogP contribution in [0.4, 0.5) is 5.69 Å². The van der Waals surface area contributed by atoms with Crippen LogP contribution in [0.25, 0.3) is 0 Å². The Morgan fingerprint density at radius 1 is 1.04 bits per heavy atom. The molecule has 0 saturated heterocycles. The second kappa shape index (κ2) is 6.98. The van der Waals surface area contributed by atoms with Crippen molar-refractivity contribution in [3.63, 3.8) is 0 Å². The van der Waals surface area contributed by atoms with Gasteiger partial charge in [-0.05, 0) is 18.4 Å². The lowest BCUT2D eigenvalue weighted by Crippen LogP contribution is -2.26. The van der Waals surface area contributed by atoms with Gasteiger partial charge in [0.25, 0.3) is 0 Å². The van der Waals surface area contributed by atoms with Gasteiger partial charge in [-0.2, -0.15) is 0 Å². The molecule has 0 saturated carbocycles. The number of allylic oxidation sites excluding steroid dienone is 2. The van der Waals surface area contributed by atoms with Gasteiger partial charge >= 0.3 is 0 Å². The molecule has 0 spiro atoms. The van der Waals surface area contributed by atoms with E-state index in [4.69, 9.17) is 9.47 Å². The van der Waals surface area contributed by atoms with Crippen molar-refractivity contribution in [3.8, 4) is 11.5 Å². The summed E-state index contributed by atoms with van der Waals surface area (Å²) in [5.74, 6) is 0.614. The minimum absolute atomic E-state index is 0.186. The van der Waals surface area contributed by atoms with Gasteiger partial charge in [-0.3, -0.25) is 14.6 Å². The van der Waals surface area contributed by atoms with E-state index in [9.17, 15) is 9.59 Å². The Kier molecular flexibility index (Phi) is 4.76. The summed E-state index contributed by atoms with van der Waals surface area (Å²) in [5.41, 5.74) is 1.30. The molecule has 25 heavy (non-hydrogen) atoms. The molecule has 0 unspecified atom stereocenters. The molecule has 0 atom stereocenters. The number of carbonyl (C=O) groups is 2. The maximum absolute atomic E-state index is 12.9. The molecule has 7 heteroatoms. The molecule has 2 aromatic rings. The summed E-state index contributed by atoms with van der Waals surface area (Å²) in [5, 5.41) is 3.05. The Morgan fingerprint density at radius 3 is 2.32 bits per heavy atom. The van der Waals surface area contributed by atoms with Gasteiger partial charge in [0, 0.05) is 30.1 Å². The molecule has 1 aromatic carbocycles. The van der Waals surface area contributed by atoms with Gasteiger partial charge in [0.05, 0.1) is 24.7 Å². The fourth-order valence-corrected chi connectivity index (χ4v) is 3.19. The highest BCUT2D eigenvalue weighted by Crippen LogP contribution is 2.33. The van der Waals surface area contributed by atoms with Crippen molar-refractivity contribution >= 4 is 29.0 Å². The molecule has 1 heterocycles. The first-order chi connectivity index (χ1) is 12.1. The molecule has 0 bridgehead atoms. The third-order valence-corrected chi connectivity index (χ3v) is 4.55. The van der Waals surface area contributed by atoms with Crippen molar-refractivity contribution in [1.82, 2.24) is 4.98 Å². The zero-order chi connectivity index (χ0) is 18.0. The molecule has 3 rings (SSSR count). The summed E-state index contributed by atoms with van der Waals surface area (Å²) in [4.78, 5) is 29.9. The lowest BCUT2D eigenvalue weighted by atomic mass is 9.96. The van der Waals surface area contributed by atoms with Crippen molar-refractivity contribution in [2.24, 2.45) is 0 Å². The van der Waals surface area contributed by atoms with Crippen LogP contribution >= 0.6 is 11.8 Å². The average Bonchev–Trinajstić information content (AvgIpc) is 2.65. The maximum atomic E-state index is 12.9. The Bertz CT molecular complexity index is 870. The van der Waals surface area contributed by atoms with Crippen LogP contribution in [0.1, 0.15) is 20.8 Å². The maximum Gasteiger partial charge on any atom is 0.220 e. The number of nitrogens with one attached hydrogen (secondary N) is 1. The number of rotatable bonds is 5. The molecule has 6 nitrogen and oxygen atoms in total. The zero-order valence-corrected chi connectivity index (χ0v) is 14.8. The number of ether oxygens (including phenoxy) is 2. The van der Waals surface area contributed by atoms with Crippen molar-refractivity contribution in [2.75, 3.05) is 25.8 Å². The SMILES string of the molecule is COc1cc(NC2=C(SC)C(=O)c3ncccc3C2=O)cc(OC)c1. The number of aromatic nitrogens is 1. The summed E-state index contributed by atoms with van der Waals surface area (Å²) >= 11 is 1.21. The highest BCUT2D eigenvalue weighted by atomic mass is 32.2. The fraction of sp³-hybridized carbons (Fsp3) is 0.167. The summed E-state index contributed by atoms with van der Waals surface area (Å²) in [7, 11) is 3.09. The van der Waals surface area contributed by atoms with E-state index >= 15 is 0 Å². The lowest BCUT2D eigenvalue weighted by molar-refractivity contribution is 0.0979. The number of methoxy groups -OCH3 is 2. The van der Waals surface area contributed by atoms with Gasteiger partial charge in [-0.15, -0.1) is 11.8 Å². The third-order valence-electron chi connectivity index (χ3n) is 3.75. The largest absolute Gasteiger partial charge is 0.497 e. The Labute approximate surface area is 149 Å². The molecule has 1 N–H and O–H groups in total. The van der Waals surface area contributed by atoms with Crippen LogP contribution in [0.15, 0.2) is 47.1 Å². The average molecular weight is 356 g/mol. The summed E-state index contributed by atoms with van der Waals surface area (Å²) < 4.78 is 10.5. The number of carbonyl (C=O) groups excluding carboxylic acids is 2. The first kappa shape index (κ1) is 17.0. The molecular weight excluding hydrogens is 340 g/mol. The lowest BCUT2D eigenvalue weighted by Gasteiger charge is -2.20. The highest BCUT2D eigenvalue weighted by molar-refractivity contribution is 8.03. The van der Waals surface area contributed by atoms with E-state index in [0.29, 0.717) is 27.7 Å². The number of anilines is 1. The molecule has 0 fully saturated rings. The van der Waals surface area contributed by atoms with Crippen molar-refractivity contribution in [3.05, 3.63) is 58.4 Å². The van der Waals surface area contributed by atoms with E-state index in [1.54, 1.807) is 50.8 Å². The Hall–Kier alpha value is -2.80. The number of hydrogen-bond acceptors (Lipinski definition) is 7. The van der Waals surface area contributed by atoms with E-state index in [-0.39, 0.29) is 23.0 Å². The van der Waals surface area contributed by atoms with Crippen molar-refractivity contribution in [1.29, 1.82) is 0 Å². The first-order valence-corrected chi connectivity index (χ1v) is 8.64. The normalized spacial score (nSPS) is 13.6. The number of nitrogens with zero attached hydrogens (tertiary/aromatic N) is 1. The van der Waals surface area contributed by atoms with Crippen LogP contribution in [-0.2, 0) is 0 Å². The van der Waals surface area contributed by atoms with Gasteiger partial charge in [-0.25, -0.2) is 0 Å². The number of thioether (sulfide) groups is 1.